The second-order valence-corrected chi connectivity index (χ2v) is 5.54. The SMILES string of the molecule is CCC(C)(C)CCC(C)(C)CC.O. The summed E-state index contributed by atoms with van der Waals surface area (Å²) in [6.07, 6.45) is 5.33. The molecule has 0 aromatic carbocycles. The Bertz CT molecular complexity index is 109. The maximum atomic E-state index is 2.37. The van der Waals surface area contributed by atoms with Crippen molar-refractivity contribution in [3.05, 3.63) is 0 Å². The molecule has 82 valence electrons. The van der Waals surface area contributed by atoms with Crippen molar-refractivity contribution in [2.45, 2.75) is 67.2 Å². The van der Waals surface area contributed by atoms with Gasteiger partial charge in [0, 0.05) is 0 Å². The summed E-state index contributed by atoms with van der Waals surface area (Å²) >= 11 is 0. The molecule has 0 aromatic heterocycles. The first-order valence-electron chi connectivity index (χ1n) is 5.33. The van der Waals surface area contributed by atoms with Crippen LogP contribution in [0.25, 0.3) is 0 Å². The fourth-order valence-corrected chi connectivity index (χ4v) is 1.03. The molecule has 0 rings (SSSR count). The van der Waals surface area contributed by atoms with Gasteiger partial charge in [-0.2, -0.15) is 0 Å². The Morgan fingerprint density at radius 2 is 0.923 bits per heavy atom. The van der Waals surface area contributed by atoms with E-state index in [2.05, 4.69) is 41.5 Å². The van der Waals surface area contributed by atoms with Crippen LogP contribution in [0.1, 0.15) is 67.2 Å². The van der Waals surface area contributed by atoms with Crippen LogP contribution in [0.2, 0.25) is 0 Å². The fraction of sp³-hybridized carbons (Fsp3) is 1.00. The molecule has 0 unspecified atom stereocenters. The van der Waals surface area contributed by atoms with Crippen LogP contribution >= 0.6 is 0 Å². The molecule has 1 nitrogen and oxygen atoms in total. The van der Waals surface area contributed by atoms with Gasteiger partial charge in [0.25, 0.3) is 0 Å². The molecule has 0 aromatic rings. The van der Waals surface area contributed by atoms with E-state index >= 15 is 0 Å². The first-order chi connectivity index (χ1) is 5.33. The average molecular weight is 188 g/mol. The lowest BCUT2D eigenvalue weighted by atomic mass is 9.77. The number of hydrogen-bond donors (Lipinski definition) is 0. The Morgan fingerprint density at radius 3 is 1.08 bits per heavy atom. The quantitative estimate of drug-likeness (QED) is 0.628. The van der Waals surface area contributed by atoms with E-state index in [1.165, 1.54) is 25.7 Å². The molecule has 0 saturated carbocycles. The van der Waals surface area contributed by atoms with Crippen LogP contribution < -0.4 is 0 Å². The van der Waals surface area contributed by atoms with Gasteiger partial charge in [-0.25, -0.2) is 0 Å². The van der Waals surface area contributed by atoms with Gasteiger partial charge < -0.3 is 5.48 Å². The highest BCUT2D eigenvalue weighted by molar-refractivity contribution is 4.73. The Hall–Kier alpha value is -0.0400. The molecule has 0 spiro atoms. The van der Waals surface area contributed by atoms with E-state index < -0.39 is 0 Å². The zero-order valence-electron chi connectivity index (χ0n) is 10.3. The summed E-state index contributed by atoms with van der Waals surface area (Å²) in [4.78, 5) is 0. The van der Waals surface area contributed by atoms with Crippen LogP contribution in [-0.4, -0.2) is 5.48 Å². The van der Waals surface area contributed by atoms with Crippen LogP contribution in [0, 0.1) is 10.8 Å². The van der Waals surface area contributed by atoms with Crippen LogP contribution in [0.4, 0.5) is 0 Å². The van der Waals surface area contributed by atoms with Crippen LogP contribution in [0.15, 0.2) is 0 Å². The predicted octanol–water partition coefficient (Wildman–Crippen LogP) is 3.81. The van der Waals surface area contributed by atoms with Crippen molar-refractivity contribution in [3.8, 4) is 0 Å². The molecule has 0 bridgehead atoms. The zero-order chi connectivity index (χ0) is 9.83. The summed E-state index contributed by atoms with van der Waals surface area (Å²) < 4.78 is 0. The highest BCUT2D eigenvalue weighted by atomic mass is 16.0. The van der Waals surface area contributed by atoms with Crippen molar-refractivity contribution in [2.24, 2.45) is 10.8 Å². The van der Waals surface area contributed by atoms with E-state index in [0.29, 0.717) is 10.8 Å². The van der Waals surface area contributed by atoms with Gasteiger partial charge in [-0.15, -0.1) is 0 Å². The molecule has 0 fully saturated rings. The lowest BCUT2D eigenvalue weighted by Crippen LogP contribution is -2.16. The third-order valence-electron chi connectivity index (χ3n) is 3.39. The molecule has 13 heavy (non-hydrogen) atoms. The minimum absolute atomic E-state index is 0. The topological polar surface area (TPSA) is 31.5 Å². The van der Waals surface area contributed by atoms with Crippen LogP contribution in [0.5, 0.6) is 0 Å². The molecule has 0 aliphatic carbocycles. The van der Waals surface area contributed by atoms with Crippen molar-refractivity contribution >= 4 is 0 Å². The second kappa shape index (κ2) is 5.64. The molecule has 0 amide bonds. The molecular formula is C12H28O. The lowest BCUT2D eigenvalue weighted by Gasteiger charge is -2.29. The van der Waals surface area contributed by atoms with Crippen molar-refractivity contribution in [1.29, 1.82) is 0 Å². The summed E-state index contributed by atoms with van der Waals surface area (Å²) in [5.41, 5.74) is 1.10. The third kappa shape index (κ3) is 7.06. The van der Waals surface area contributed by atoms with Crippen LogP contribution in [-0.2, 0) is 0 Å². The fourth-order valence-electron chi connectivity index (χ4n) is 1.03. The van der Waals surface area contributed by atoms with E-state index in [9.17, 15) is 0 Å². The molecule has 0 heterocycles. The highest BCUT2D eigenvalue weighted by Crippen LogP contribution is 2.34. The largest absolute Gasteiger partial charge is 0.412 e. The maximum Gasteiger partial charge on any atom is -0.0357 e. The maximum absolute atomic E-state index is 2.37. The minimum Gasteiger partial charge on any atom is -0.412 e. The van der Waals surface area contributed by atoms with Gasteiger partial charge in [-0.3, -0.25) is 0 Å². The Balaban J connectivity index is 0. The summed E-state index contributed by atoms with van der Waals surface area (Å²) in [7, 11) is 0. The highest BCUT2D eigenvalue weighted by Gasteiger charge is 2.21. The lowest BCUT2D eigenvalue weighted by molar-refractivity contribution is 0.228. The Morgan fingerprint density at radius 1 is 0.692 bits per heavy atom. The molecule has 0 aliphatic heterocycles. The standard InChI is InChI=1S/C12H26.H2O/c1-7-11(3,4)9-10-12(5,6)8-2;/h7-10H2,1-6H3;1H2. The molecule has 0 atom stereocenters. The first kappa shape index (κ1) is 15.4. The van der Waals surface area contributed by atoms with Gasteiger partial charge in [0.1, 0.15) is 0 Å². The second-order valence-electron chi connectivity index (χ2n) is 5.54. The summed E-state index contributed by atoms with van der Waals surface area (Å²) in [6.45, 7) is 14.1. The van der Waals surface area contributed by atoms with Gasteiger partial charge in [0.05, 0.1) is 0 Å². The molecule has 0 aliphatic rings. The number of hydrogen-bond acceptors (Lipinski definition) is 0. The molecule has 1 heteroatoms. The minimum atomic E-state index is 0. The summed E-state index contributed by atoms with van der Waals surface area (Å²) in [5.74, 6) is 0. The summed E-state index contributed by atoms with van der Waals surface area (Å²) in [6, 6.07) is 0. The van der Waals surface area contributed by atoms with Crippen LogP contribution in [0.3, 0.4) is 0 Å². The van der Waals surface area contributed by atoms with Gasteiger partial charge in [-0.05, 0) is 23.7 Å². The monoisotopic (exact) mass is 188 g/mol. The zero-order valence-corrected chi connectivity index (χ0v) is 10.3. The van der Waals surface area contributed by atoms with Gasteiger partial charge in [0.2, 0.25) is 0 Å². The average Bonchev–Trinajstić information content (AvgIpc) is 2.02. The Labute approximate surface area is 84.2 Å². The van der Waals surface area contributed by atoms with E-state index in [1.54, 1.807) is 0 Å². The van der Waals surface area contributed by atoms with E-state index in [-0.39, 0.29) is 5.48 Å². The van der Waals surface area contributed by atoms with Crippen molar-refractivity contribution < 1.29 is 5.48 Å². The summed E-state index contributed by atoms with van der Waals surface area (Å²) in [5, 5.41) is 0. The smallest absolute Gasteiger partial charge is 0.0357 e. The molecule has 2 N–H and O–H groups in total. The third-order valence-corrected chi connectivity index (χ3v) is 3.39. The van der Waals surface area contributed by atoms with Gasteiger partial charge in [0.15, 0.2) is 0 Å². The van der Waals surface area contributed by atoms with Gasteiger partial charge >= 0.3 is 0 Å². The van der Waals surface area contributed by atoms with E-state index in [1.807, 2.05) is 0 Å². The molecular weight excluding hydrogens is 160 g/mol. The Kier molecular flexibility index (Phi) is 6.70. The van der Waals surface area contributed by atoms with Gasteiger partial charge in [-0.1, -0.05) is 54.4 Å². The van der Waals surface area contributed by atoms with E-state index in [4.69, 9.17) is 0 Å². The molecule has 0 radical (unpaired) electrons. The van der Waals surface area contributed by atoms with Crippen molar-refractivity contribution in [2.75, 3.05) is 0 Å². The predicted molar refractivity (Wildman–Crippen MR) is 61.0 cm³/mol. The number of rotatable bonds is 5. The molecule has 0 saturated heterocycles. The van der Waals surface area contributed by atoms with E-state index in [0.717, 1.165) is 0 Å². The van der Waals surface area contributed by atoms with Crippen molar-refractivity contribution in [1.82, 2.24) is 0 Å². The first-order valence-corrected chi connectivity index (χ1v) is 5.33. The normalized spacial score (nSPS) is 12.5. The van der Waals surface area contributed by atoms with Crippen molar-refractivity contribution in [3.63, 3.8) is 0 Å².